The Morgan fingerprint density at radius 3 is 1.88 bits per heavy atom. The molecule has 0 atom stereocenters. The molecule has 48 valence electrons. The van der Waals surface area contributed by atoms with Crippen molar-refractivity contribution in [3.63, 3.8) is 0 Å². The highest BCUT2D eigenvalue weighted by Crippen LogP contribution is 1.70. The molecule has 0 saturated heterocycles. The van der Waals surface area contributed by atoms with Gasteiger partial charge in [0.15, 0.2) is 5.78 Å². The average Bonchev–Trinajstić information content (AvgIpc) is 1.68. The molecule has 5 nitrogen and oxygen atoms in total. The molecule has 0 heterocycles. The van der Waals surface area contributed by atoms with Gasteiger partial charge in [0.25, 0.3) is 0 Å². The molecule has 8 heavy (non-hydrogen) atoms. The SMILES string of the molecule is NOCC(=O)CON. The first-order chi connectivity index (χ1) is 3.81. The molecule has 0 amide bonds. The first-order valence-corrected chi connectivity index (χ1v) is 1.96. The lowest BCUT2D eigenvalue weighted by Gasteiger charge is -1.93. The summed E-state index contributed by atoms with van der Waals surface area (Å²) in [5.41, 5.74) is 0. The van der Waals surface area contributed by atoms with E-state index in [2.05, 4.69) is 21.5 Å². The van der Waals surface area contributed by atoms with Crippen LogP contribution in [-0.2, 0) is 14.5 Å². The fraction of sp³-hybridized carbons (Fsp3) is 0.667. The molecule has 0 aliphatic heterocycles. The van der Waals surface area contributed by atoms with E-state index >= 15 is 0 Å². The van der Waals surface area contributed by atoms with E-state index in [-0.39, 0.29) is 19.0 Å². The van der Waals surface area contributed by atoms with Gasteiger partial charge in [0.05, 0.1) is 0 Å². The van der Waals surface area contributed by atoms with Gasteiger partial charge in [-0.25, -0.2) is 11.8 Å². The Bertz CT molecular complexity index is 66.9. The molecule has 0 bridgehead atoms. The Morgan fingerprint density at radius 1 is 1.25 bits per heavy atom. The zero-order valence-corrected chi connectivity index (χ0v) is 4.29. The summed E-state index contributed by atoms with van der Waals surface area (Å²) in [5, 5.41) is 0. The highest BCUT2D eigenvalue weighted by atomic mass is 16.6. The maximum Gasteiger partial charge on any atom is 0.188 e. The number of hydrogen-bond donors (Lipinski definition) is 2. The van der Waals surface area contributed by atoms with Gasteiger partial charge in [0.2, 0.25) is 0 Å². The first kappa shape index (κ1) is 7.51. The van der Waals surface area contributed by atoms with Crippen molar-refractivity contribution in [2.45, 2.75) is 0 Å². The highest BCUT2D eigenvalue weighted by Gasteiger charge is 1.97. The number of ketones is 1. The first-order valence-electron chi connectivity index (χ1n) is 1.96. The van der Waals surface area contributed by atoms with E-state index in [1.165, 1.54) is 0 Å². The van der Waals surface area contributed by atoms with Crippen LogP contribution in [-0.4, -0.2) is 19.0 Å². The van der Waals surface area contributed by atoms with Crippen LogP contribution in [0.25, 0.3) is 0 Å². The van der Waals surface area contributed by atoms with Gasteiger partial charge in [-0.15, -0.1) is 0 Å². The number of carbonyl (C=O) groups is 1. The van der Waals surface area contributed by atoms with Crippen LogP contribution >= 0.6 is 0 Å². The summed E-state index contributed by atoms with van der Waals surface area (Å²) in [6, 6.07) is 0. The molecule has 0 saturated carbocycles. The van der Waals surface area contributed by atoms with E-state index in [9.17, 15) is 4.79 Å². The third kappa shape index (κ3) is 3.69. The molecule has 4 N–H and O–H groups in total. The van der Waals surface area contributed by atoms with Crippen LogP contribution < -0.4 is 11.8 Å². The van der Waals surface area contributed by atoms with Gasteiger partial charge in [0, 0.05) is 0 Å². The van der Waals surface area contributed by atoms with Gasteiger partial charge in [-0.05, 0) is 0 Å². The molecule has 0 aliphatic carbocycles. The summed E-state index contributed by atoms with van der Waals surface area (Å²) < 4.78 is 0. The van der Waals surface area contributed by atoms with Crippen molar-refractivity contribution < 1.29 is 14.5 Å². The number of rotatable bonds is 4. The number of carbonyl (C=O) groups excluding carboxylic acids is 1. The highest BCUT2D eigenvalue weighted by molar-refractivity contribution is 5.80. The maximum absolute atomic E-state index is 10.2. The van der Waals surface area contributed by atoms with E-state index in [0.29, 0.717) is 0 Å². The normalized spacial score (nSPS) is 9.25. The summed E-state index contributed by atoms with van der Waals surface area (Å²) in [7, 11) is 0. The third-order valence-corrected chi connectivity index (χ3v) is 0.489. The zero-order valence-electron chi connectivity index (χ0n) is 4.29. The van der Waals surface area contributed by atoms with Crippen molar-refractivity contribution >= 4 is 5.78 Å². The van der Waals surface area contributed by atoms with Crippen LogP contribution in [0.4, 0.5) is 0 Å². The quantitative estimate of drug-likeness (QED) is 0.433. The van der Waals surface area contributed by atoms with Crippen LogP contribution in [0.3, 0.4) is 0 Å². The summed E-state index contributed by atoms with van der Waals surface area (Å²) in [6.45, 7) is -0.311. The van der Waals surface area contributed by atoms with Crippen LogP contribution in [0.5, 0.6) is 0 Å². The van der Waals surface area contributed by atoms with Gasteiger partial charge < -0.3 is 0 Å². The number of hydrogen-bond acceptors (Lipinski definition) is 5. The van der Waals surface area contributed by atoms with E-state index < -0.39 is 0 Å². The monoisotopic (exact) mass is 120 g/mol. The molecule has 5 heteroatoms. The summed E-state index contributed by atoms with van der Waals surface area (Å²) in [5.74, 6) is 8.80. The van der Waals surface area contributed by atoms with Crippen molar-refractivity contribution in [1.82, 2.24) is 0 Å². The summed E-state index contributed by atoms with van der Waals surface area (Å²) in [4.78, 5) is 18.2. The van der Waals surface area contributed by atoms with E-state index in [0.717, 1.165) is 0 Å². The summed E-state index contributed by atoms with van der Waals surface area (Å²) >= 11 is 0. The maximum atomic E-state index is 10.2. The average molecular weight is 120 g/mol. The van der Waals surface area contributed by atoms with Crippen LogP contribution in [0.2, 0.25) is 0 Å². The van der Waals surface area contributed by atoms with E-state index in [1.54, 1.807) is 0 Å². The molecule has 0 fully saturated rings. The standard InChI is InChI=1S/C3H8N2O3/c4-7-1-3(6)2-8-5/h1-2,4-5H2. The molecule has 0 unspecified atom stereocenters. The third-order valence-electron chi connectivity index (χ3n) is 0.489. The Hall–Kier alpha value is -0.490. The Balaban J connectivity index is 3.06. The van der Waals surface area contributed by atoms with Gasteiger partial charge >= 0.3 is 0 Å². The zero-order chi connectivity index (χ0) is 6.41. The van der Waals surface area contributed by atoms with Crippen LogP contribution in [0.1, 0.15) is 0 Å². The second-order valence-electron chi connectivity index (χ2n) is 1.16. The van der Waals surface area contributed by atoms with Crippen molar-refractivity contribution in [1.29, 1.82) is 0 Å². The minimum Gasteiger partial charge on any atom is -0.297 e. The lowest BCUT2D eigenvalue weighted by Crippen LogP contribution is -2.19. The molecular formula is C3H8N2O3. The van der Waals surface area contributed by atoms with Gasteiger partial charge in [-0.1, -0.05) is 0 Å². The topological polar surface area (TPSA) is 87.6 Å². The van der Waals surface area contributed by atoms with Crippen molar-refractivity contribution in [2.75, 3.05) is 13.2 Å². The lowest BCUT2D eigenvalue weighted by molar-refractivity contribution is -0.128. The molecular weight excluding hydrogens is 112 g/mol. The Morgan fingerprint density at radius 2 is 1.62 bits per heavy atom. The fourth-order valence-electron chi connectivity index (χ4n) is 0.228. The molecule has 0 rings (SSSR count). The Labute approximate surface area is 46.4 Å². The van der Waals surface area contributed by atoms with E-state index in [1.807, 2.05) is 0 Å². The lowest BCUT2D eigenvalue weighted by atomic mass is 10.5. The van der Waals surface area contributed by atoms with Crippen molar-refractivity contribution in [2.24, 2.45) is 11.8 Å². The van der Waals surface area contributed by atoms with Gasteiger partial charge in [-0.3, -0.25) is 14.5 Å². The van der Waals surface area contributed by atoms with Gasteiger partial charge in [-0.2, -0.15) is 0 Å². The Kier molecular flexibility index (Phi) is 4.38. The molecule has 0 aromatic heterocycles. The van der Waals surface area contributed by atoms with Gasteiger partial charge in [0.1, 0.15) is 13.2 Å². The smallest absolute Gasteiger partial charge is 0.188 e. The van der Waals surface area contributed by atoms with Crippen LogP contribution in [0, 0.1) is 0 Å². The van der Waals surface area contributed by atoms with Crippen molar-refractivity contribution in [3.05, 3.63) is 0 Å². The number of Topliss-reactive ketones (excluding diaryl/α,β-unsaturated/α-hetero) is 1. The minimum atomic E-state index is -0.282. The summed E-state index contributed by atoms with van der Waals surface area (Å²) in [6.07, 6.45) is 0. The molecule has 0 radical (unpaired) electrons. The largest absolute Gasteiger partial charge is 0.297 e. The molecule has 0 aromatic rings. The fourth-order valence-corrected chi connectivity index (χ4v) is 0.228. The van der Waals surface area contributed by atoms with Crippen molar-refractivity contribution in [3.8, 4) is 0 Å². The predicted octanol–water partition coefficient (Wildman–Crippen LogP) is -1.66. The molecule has 0 aliphatic rings. The molecule has 0 aromatic carbocycles. The minimum absolute atomic E-state index is 0.156. The van der Waals surface area contributed by atoms with Crippen LogP contribution in [0.15, 0.2) is 0 Å². The molecule has 0 spiro atoms. The second kappa shape index (κ2) is 4.66. The second-order valence-corrected chi connectivity index (χ2v) is 1.16. The number of nitrogens with two attached hydrogens (primary N) is 2. The van der Waals surface area contributed by atoms with E-state index in [4.69, 9.17) is 0 Å². The predicted molar refractivity (Wildman–Crippen MR) is 25.3 cm³/mol.